The summed E-state index contributed by atoms with van der Waals surface area (Å²) in [7, 11) is 0. The molecule has 0 N–H and O–H groups in total. The van der Waals surface area contributed by atoms with Gasteiger partial charge in [0.25, 0.3) is 0 Å². The molecule has 0 aliphatic carbocycles. The number of cyclic esters (lactones) is 1. The van der Waals surface area contributed by atoms with Gasteiger partial charge in [0.1, 0.15) is 6.61 Å². The van der Waals surface area contributed by atoms with Crippen LogP contribution in [0.1, 0.15) is 25.3 Å². The highest BCUT2D eigenvalue weighted by atomic mass is 19.4. The van der Waals surface area contributed by atoms with E-state index in [1.807, 2.05) is 30.3 Å². The Labute approximate surface area is 132 Å². The molecule has 2 amide bonds. The van der Waals surface area contributed by atoms with Crippen molar-refractivity contribution in [2.24, 2.45) is 5.92 Å². The molecule has 0 bridgehead atoms. The number of hydrogen-bond acceptors (Lipinski definition) is 3. The van der Waals surface area contributed by atoms with Gasteiger partial charge in [-0.2, -0.15) is 13.2 Å². The number of rotatable bonds is 5. The van der Waals surface area contributed by atoms with Crippen LogP contribution >= 0.6 is 0 Å². The minimum Gasteiger partial charge on any atom is -0.447 e. The van der Waals surface area contributed by atoms with Crippen molar-refractivity contribution in [3.05, 3.63) is 35.9 Å². The van der Waals surface area contributed by atoms with Crippen LogP contribution in [0.15, 0.2) is 30.3 Å². The molecule has 1 aliphatic rings. The van der Waals surface area contributed by atoms with Crippen LogP contribution in [-0.4, -0.2) is 35.7 Å². The molecule has 1 heterocycles. The van der Waals surface area contributed by atoms with Crippen LogP contribution in [0.2, 0.25) is 0 Å². The molecule has 0 saturated carbocycles. The van der Waals surface area contributed by atoms with Crippen LogP contribution in [0.25, 0.3) is 0 Å². The molecule has 1 fully saturated rings. The Morgan fingerprint density at radius 2 is 2.00 bits per heavy atom. The number of amides is 2. The predicted octanol–water partition coefficient (Wildman–Crippen LogP) is 3.56. The van der Waals surface area contributed by atoms with E-state index in [2.05, 4.69) is 0 Å². The van der Waals surface area contributed by atoms with Gasteiger partial charge in [0.2, 0.25) is 5.91 Å². The molecule has 0 unspecified atom stereocenters. The summed E-state index contributed by atoms with van der Waals surface area (Å²) in [5, 5.41) is 0. The number of ether oxygens (including phenoxy) is 1. The van der Waals surface area contributed by atoms with Crippen LogP contribution in [0.5, 0.6) is 0 Å². The third kappa shape index (κ3) is 4.97. The second kappa shape index (κ2) is 7.02. The molecule has 1 aliphatic heterocycles. The van der Waals surface area contributed by atoms with E-state index in [1.54, 1.807) is 0 Å². The molecule has 1 aromatic carbocycles. The van der Waals surface area contributed by atoms with Crippen molar-refractivity contribution in [3.63, 3.8) is 0 Å². The van der Waals surface area contributed by atoms with E-state index in [1.165, 1.54) is 6.92 Å². The van der Waals surface area contributed by atoms with Gasteiger partial charge in [-0.05, 0) is 17.9 Å². The molecule has 7 heteroatoms. The van der Waals surface area contributed by atoms with E-state index >= 15 is 0 Å². The zero-order valence-electron chi connectivity index (χ0n) is 12.7. The minimum absolute atomic E-state index is 0.0626. The summed E-state index contributed by atoms with van der Waals surface area (Å²) in [5.74, 6) is -1.50. The van der Waals surface area contributed by atoms with Crippen LogP contribution in [0, 0.1) is 5.92 Å². The lowest BCUT2D eigenvalue weighted by molar-refractivity contribution is -0.146. The average Bonchev–Trinajstić information content (AvgIpc) is 2.78. The molecule has 1 aromatic rings. The molecule has 1 saturated heterocycles. The molecule has 2 atom stereocenters. The van der Waals surface area contributed by atoms with Crippen molar-refractivity contribution in [2.75, 3.05) is 6.61 Å². The standard InChI is InChI=1S/C16H18F3NO3/c1-11(9-16(17,18)19)7-14(21)20-13(10-23-15(20)22)8-12-5-3-2-4-6-12/h2-6,11,13H,7-10H2,1H3/t11-,13+/m1/s1. The molecular formula is C16H18F3NO3. The number of carbonyl (C=O) groups excluding carboxylic acids is 2. The highest BCUT2D eigenvalue weighted by molar-refractivity contribution is 5.93. The van der Waals surface area contributed by atoms with Gasteiger partial charge in [0.05, 0.1) is 6.04 Å². The first kappa shape index (κ1) is 17.3. The van der Waals surface area contributed by atoms with E-state index in [-0.39, 0.29) is 13.0 Å². The lowest BCUT2D eigenvalue weighted by atomic mass is 10.0. The highest BCUT2D eigenvalue weighted by Crippen LogP contribution is 2.28. The number of alkyl halides is 3. The summed E-state index contributed by atoms with van der Waals surface area (Å²) < 4.78 is 42.0. The van der Waals surface area contributed by atoms with Crippen molar-refractivity contribution in [2.45, 2.75) is 38.4 Å². The van der Waals surface area contributed by atoms with E-state index in [9.17, 15) is 22.8 Å². The van der Waals surface area contributed by atoms with Crippen LogP contribution in [0.3, 0.4) is 0 Å². The molecular weight excluding hydrogens is 311 g/mol. The summed E-state index contributed by atoms with van der Waals surface area (Å²) in [6.07, 6.45) is -6.07. The van der Waals surface area contributed by atoms with Crippen molar-refractivity contribution in [1.29, 1.82) is 0 Å². The van der Waals surface area contributed by atoms with Crippen molar-refractivity contribution < 1.29 is 27.5 Å². The molecule has 0 aromatic heterocycles. The first-order chi connectivity index (χ1) is 10.8. The summed E-state index contributed by atoms with van der Waals surface area (Å²) in [6.45, 7) is 1.41. The van der Waals surface area contributed by atoms with Gasteiger partial charge in [-0.3, -0.25) is 4.79 Å². The van der Waals surface area contributed by atoms with E-state index in [4.69, 9.17) is 4.74 Å². The Kier molecular flexibility index (Phi) is 5.28. The zero-order valence-corrected chi connectivity index (χ0v) is 12.7. The number of imide groups is 1. The van der Waals surface area contributed by atoms with Gasteiger partial charge in [-0.1, -0.05) is 37.3 Å². The fourth-order valence-electron chi connectivity index (χ4n) is 2.67. The molecule has 126 valence electrons. The minimum atomic E-state index is -4.32. The third-order valence-corrected chi connectivity index (χ3v) is 3.65. The fourth-order valence-corrected chi connectivity index (χ4v) is 2.67. The Balaban J connectivity index is 2.00. The van der Waals surface area contributed by atoms with E-state index < -0.39 is 36.6 Å². The summed E-state index contributed by atoms with van der Waals surface area (Å²) >= 11 is 0. The maximum absolute atomic E-state index is 12.4. The van der Waals surface area contributed by atoms with E-state index in [0.717, 1.165) is 10.5 Å². The molecule has 4 nitrogen and oxygen atoms in total. The number of hydrogen-bond donors (Lipinski definition) is 0. The van der Waals surface area contributed by atoms with Gasteiger partial charge >= 0.3 is 12.3 Å². The molecule has 2 rings (SSSR count). The van der Waals surface area contributed by atoms with Gasteiger partial charge in [-0.25, -0.2) is 9.69 Å². The number of halogens is 3. The third-order valence-electron chi connectivity index (χ3n) is 3.65. The predicted molar refractivity (Wildman–Crippen MR) is 76.6 cm³/mol. The lowest BCUT2D eigenvalue weighted by Crippen LogP contribution is -2.41. The second-order valence-corrected chi connectivity index (χ2v) is 5.81. The maximum atomic E-state index is 12.4. The highest BCUT2D eigenvalue weighted by Gasteiger charge is 2.39. The summed E-state index contributed by atoms with van der Waals surface area (Å²) in [6, 6.07) is 8.77. The van der Waals surface area contributed by atoms with Crippen molar-refractivity contribution >= 4 is 12.0 Å². The van der Waals surface area contributed by atoms with Crippen LogP contribution in [-0.2, 0) is 16.0 Å². The van der Waals surface area contributed by atoms with Gasteiger partial charge in [0.15, 0.2) is 0 Å². The molecule has 0 spiro atoms. The Hall–Kier alpha value is -2.05. The topological polar surface area (TPSA) is 46.6 Å². The smallest absolute Gasteiger partial charge is 0.416 e. The second-order valence-electron chi connectivity index (χ2n) is 5.81. The Morgan fingerprint density at radius 1 is 1.35 bits per heavy atom. The fraction of sp³-hybridized carbons (Fsp3) is 0.500. The average molecular weight is 329 g/mol. The van der Waals surface area contributed by atoms with Crippen molar-refractivity contribution in [3.8, 4) is 0 Å². The Bertz CT molecular complexity index is 559. The summed E-state index contributed by atoms with van der Waals surface area (Å²) in [4.78, 5) is 24.9. The maximum Gasteiger partial charge on any atom is 0.416 e. The first-order valence-corrected chi connectivity index (χ1v) is 7.36. The molecule has 0 radical (unpaired) electrons. The van der Waals surface area contributed by atoms with E-state index in [0.29, 0.717) is 6.42 Å². The number of nitrogens with zero attached hydrogens (tertiary/aromatic N) is 1. The molecule has 23 heavy (non-hydrogen) atoms. The quantitative estimate of drug-likeness (QED) is 0.830. The van der Waals surface area contributed by atoms with Crippen molar-refractivity contribution in [1.82, 2.24) is 4.90 Å². The SMILES string of the molecule is C[C@H](CC(=O)N1C(=O)OC[C@@H]1Cc1ccccc1)CC(F)(F)F. The zero-order chi connectivity index (χ0) is 17.0. The van der Waals surface area contributed by atoms with Gasteiger partial charge in [-0.15, -0.1) is 0 Å². The van der Waals surface area contributed by atoms with Crippen LogP contribution < -0.4 is 0 Å². The van der Waals surface area contributed by atoms with Gasteiger partial charge < -0.3 is 4.74 Å². The Morgan fingerprint density at radius 3 is 2.61 bits per heavy atom. The normalized spacial score (nSPS) is 19.6. The lowest BCUT2D eigenvalue weighted by Gasteiger charge is -2.22. The van der Waals surface area contributed by atoms with Gasteiger partial charge in [0, 0.05) is 12.8 Å². The summed E-state index contributed by atoms with van der Waals surface area (Å²) in [5.41, 5.74) is 0.928. The number of benzene rings is 1. The largest absolute Gasteiger partial charge is 0.447 e. The van der Waals surface area contributed by atoms with Crippen LogP contribution in [0.4, 0.5) is 18.0 Å². The monoisotopic (exact) mass is 329 g/mol. The first-order valence-electron chi connectivity index (χ1n) is 7.36. The number of carbonyl (C=O) groups is 2.